The first-order valence-electron chi connectivity index (χ1n) is 10.8. The van der Waals surface area contributed by atoms with Crippen molar-refractivity contribution in [2.45, 2.75) is 70.0 Å². The molecule has 6 heteroatoms. The predicted molar refractivity (Wildman–Crippen MR) is 115 cm³/mol. The van der Waals surface area contributed by atoms with Crippen LogP contribution in [0.5, 0.6) is 0 Å². The molecule has 4 saturated carbocycles. The molecule has 1 aromatic carbocycles. The maximum Gasteiger partial charge on any atom is 0.230 e. The normalized spacial score (nSPS) is 30.0. The van der Waals surface area contributed by atoms with Crippen LogP contribution in [0.3, 0.4) is 0 Å². The summed E-state index contributed by atoms with van der Waals surface area (Å²) in [7, 11) is 0. The fourth-order valence-corrected chi connectivity index (χ4v) is 7.19. The molecule has 0 unspecified atom stereocenters. The standard InChI is InChI=1S/C23H30N4OS/c1-14-4-5-15(2)20(6-14)27-16(3)25-26-22(27)29-13-21(28)24-23-10-17-7-18(11-23)9-19(8-17)12-23/h4-6,17-19H,7-13H2,1-3H3,(H,24,28). The molecule has 1 aromatic heterocycles. The molecule has 4 bridgehead atoms. The highest BCUT2D eigenvalue weighted by molar-refractivity contribution is 7.99. The Kier molecular flexibility index (Phi) is 4.72. The van der Waals surface area contributed by atoms with Gasteiger partial charge in [-0.05, 0) is 94.2 Å². The summed E-state index contributed by atoms with van der Waals surface area (Å²) in [6, 6.07) is 6.40. The summed E-state index contributed by atoms with van der Waals surface area (Å²) in [6.07, 6.45) is 7.74. The minimum absolute atomic E-state index is 0.0725. The van der Waals surface area contributed by atoms with Crippen molar-refractivity contribution in [2.75, 3.05) is 5.75 Å². The van der Waals surface area contributed by atoms with Gasteiger partial charge < -0.3 is 5.32 Å². The van der Waals surface area contributed by atoms with Gasteiger partial charge in [-0.15, -0.1) is 10.2 Å². The van der Waals surface area contributed by atoms with Crippen molar-refractivity contribution in [3.63, 3.8) is 0 Å². The van der Waals surface area contributed by atoms with Crippen molar-refractivity contribution in [3.05, 3.63) is 35.2 Å². The van der Waals surface area contributed by atoms with Gasteiger partial charge in [0.2, 0.25) is 5.91 Å². The summed E-state index contributed by atoms with van der Waals surface area (Å²) in [5, 5.41) is 12.9. The van der Waals surface area contributed by atoms with E-state index in [2.05, 4.69) is 52.1 Å². The zero-order valence-corrected chi connectivity index (χ0v) is 18.4. The molecule has 0 saturated heterocycles. The topological polar surface area (TPSA) is 59.8 Å². The summed E-state index contributed by atoms with van der Waals surface area (Å²) >= 11 is 1.49. The van der Waals surface area contributed by atoms with Crippen LogP contribution in [0.1, 0.15) is 55.5 Å². The fraction of sp³-hybridized carbons (Fsp3) is 0.609. The molecule has 0 radical (unpaired) electrons. The number of hydrogen-bond donors (Lipinski definition) is 1. The van der Waals surface area contributed by atoms with Gasteiger partial charge in [-0.25, -0.2) is 0 Å². The van der Waals surface area contributed by atoms with Gasteiger partial charge in [0.1, 0.15) is 5.82 Å². The van der Waals surface area contributed by atoms with Crippen molar-refractivity contribution in [3.8, 4) is 5.69 Å². The second-order valence-corrected chi connectivity index (χ2v) is 10.6. The van der Waals surface area contributed by atoms with Gasteiger partial charge in [0, 0.05) is 5.54 Å². The summed E-state index contributed by atoms with van der Waals surface area (Å²) in [6.45, 7) is 6.16. The van der Waals surface area contributed by atoms with Gasteiger partial charge in [-0.1, -0.05) is 23.9 Å². The molecular weight excluding hydrogens is 380 g/mol. The van der Waals surface area contributed by atoms with E-state index in [-0.39, 0.29) is 11.4 Å². The van der Waals surface area contributed by atoms with E-state index in [1.165, 1.54) is 61.4 Å². The Morgan fingerprint density at radius 1 is 1.10 bits per heavy atom. The van der Waals surface area contributed by atoms with Crippen LogP contribution in [0.15, 0.2) is 23.4 Å². The van der Waals surface area contributed by atoms with Crippen LogP contribution in [-0.4, -0.2) is 32.0 Å². The Balaban J connectivity index is 1.29. The van der Waals surface area contributed by atoms with Crippen LogP contribution in [0.2, 0.25) is 0 Å². The van der Waals surface area contributed by atoms with Gasteiger partial charge in [0.15, 0.2) is 5.16 Å². The van der Waals surface area contributed by atoms with Crippen LogP contribution < -0.4 is 5.32 Å². The molecule has 4 fully saturated rings. The number of nitrogens with zero attached hydrogens (tertiary/aromatic N) is 3. The minimum atomic E-state index is 0.0725. The highest BCUT2D eigenvalue weighted by Gasteiger charge is 2.51. The smallest absolute Gasteiger partial charge is 0.230 e. The Labute approximate surface area is 177 Å². The first kappa shape index (κ1) is 19.2. The first-order chi connectivity index (χ1) is 13.9. The lowest BCUT2D eigenvalue weighted by atomic mass is 9.53. The molecular formula is C23H30N4OS. The number of carbonyl (C=O) groups excluding carboxylic acids is 1. The third-order valence-electron chi connectivity index (χ3n) is 7.18. The number of thioether (sulfide) groups is 1. The fourth-order valence-electron chi connectivity index (χ4n) is 6.40. The van der Waals surface area contributed by atoms with Crippen LogP contribution in [0.25, 0.3) is 5.69 Å². The number of benzene rings is 1. The third kappa shape index (κ3) is 3.60. The zero-order chi connectivity index (χ0) is 20.2. The van der Waals surface area contributed by atoms with Gasteiger partial charge in [-0.2, -0.15) is 0 Å². The summed E-state index contributed by atoms with van der Waals surface area (Å²) in [5.41, 5.74) is 3.55. The molecule has 6 rings (SSSR count). The summed E-state index contributed by atoms with van der Waals surface area (Å²) in [5.74, 6) is 3.90. The molecule has 0 atom stereocenters. The number of nitrogens with one attached hydrogen (secondary N) is 1. The summed E-state index contributed by atoms with van der Waals surface area (Å²) in [4.78, 5) is 12.9. The predicted octanol–water partition coefficient (Wildman–Crippen LogP) is 4.37. The lowest BCUT2D eigenvalue weighted by Gasteiger charge is -2.56. The monoisotopic (exact) mass is 410 g/mol. The van der Waals surface area contributed by atoms with Gasteiger partial charge in [0.25, 0.3) is 0 Å². The highest BCUT2D eigenvalue weighted by atomic mass is 32.2. The molecule has 1 amide bonds. The van der Waals surface area contributed by atoms with E-state index < -0.39 is 0 Å². The van der Waals surface area contributed by atoms with Crippen molar-refractivity contribution in [2.24, 2.45) is 17.8 Å². The number of amides is 1. The van der Waals surface area contributed by atoms with E-state index in [0.717, 1.165) is 34.4 Å². The Morgan fingerprint density at radius 3 is 2.41 bits per heavy atom. The van der Waals surface area contributed by atoms with E-state index in [1.807, 2.05) is 6.92 Å². The van der Waals surface area contributed by atoms with E-state index in [1.54, 1.807) is 0 Å². The average molecular weight is 411 g/mol. The number of rotatable bonds is 5. The lowest BCUT2D eigenvalue weighted by Crippen LogP contribution is -2.60. The molecule has 29 heavy (non-hydrogen) atoms. The van der Waals surface area contributed by atoms with E-state index in [9.17, 15) is 4.79 Å². The minimum Gasteiger partial charge on any atom is -0.350 e. The Morgan fingerprint density at radius 2 is 1.76 bits per heavy atom. The largest absolute Gasteiger partial charge is 0.350 e. The second-order valence-electron chi connectivity index (χ2n) is 9.69. The Bertz CT molecular complexity index is 915. The van der Waals surface area contributed by atoms with Crippen molar-refractivity contribution in [1.82, 2.24) is 20.1 Å². The number of aryl methyl sites for hydroxylation is 3. The van der Waals surface area contributed by atoms with Crippen LogP contribution in [0.4, 0.5) is 0 Å². The Hall–Kier alpha value is -1.82. The quantitative estimate of drug-likeness (QED) is 0.744. The molecule has 5 nitrogen and oxygen atoms in total. The van der Waals surface area contributed by atoms with Crippen LogP contribution in [0, 0.1) is 38.5 Å². The van der Waals surface area contributed by atoms with Gasteiger partial charge in [0.05, 0.1) is 11.4 Å². The van der Waals surface area contributed by atoms with Crippen molar-refractivity contribution >= 4 is 17.7 Å². The third-order valence-corrected chi connectivity index (χ3v) is 8.10. The second kappa shape index (κ2) is 7.15. The van der Waals surface area contributed by atoms with E-state index >= 15 is 0 Å². The molecule has 4 aliphatic rings. The highest BCUT2D eigenvalue weighted by Crippen LogP contribution is 2.55. The molecule has 0 aliphatic heterocycles. The van der Waals surface area contributed by atoms with Crippen molar-refractivity contribution in [1.29, 1.82) is 0 Å². The van der Waals surface area contributed by atoms with Gasteiger partial charge >= 0.3 is 0 Å². The molecule has 154 valence electrons. The summed E-state index contributed by atoms with van der Waals surface area (Å²) < 4.78 is 2.07. The first-order valence-corrected chi connectivity index (χ1v) is 11.8. The molecule has 1 heterocycles. The number of carbonyl (C=O) groups is 1. The molecule has 2 aromatic rings. The molecule has 0 spiro atoms. The molecule has 1 N–H and O–H groups in total. The van der Waals surface area contributed by atoms with Crippen LogP contribution in [-0.2, 0) is 4.79 Å². The average Bonchev–Trinajstić information content (AvgIpc) is 3.01. The van der Waals surface area contributed by atoms with E-state index in [4.69, 9.17) is 0 Å². The lowest BCUT2D eigenvalue weighted by molar-refractivity contribution is -0.124. The number of hydrogen-bond acceptors (Lipinski definition) is 4. The van der Waals surface area contributed by atoms with Crippen LogP contribution >= 0.6 is 11.8 Å². The van der Waals surface area contributed by atoms with Crippen molar-refractivity contribution < 1.29 is 4.79 Å². The zero-order valence-electron chi connectivity index (χ0n) is 17.6. The maximum absolute atomic E-state index is 12.9. The SMILES string of the molecule is Cc1ccc(C)c(-n2c(C)nnc2SCC(=O)NC23CC4CC(CC(C4)C2)C3)c1. The maximum atomic E-state index is 12.9. The number of aromatic nitrogens is 3. The van der Waals surface area contributed by atoms with Gasteiger partial charge in [-0.3, -0.25) is 9.36 Å². The van der Waals surface area contributed by atoms with E-state index in [0.29, 0.717) is 5.75 Å². The molecule has 4 aliphatic carbocycles.